The van der Waals surface area contributed by atoms with Crippen LogP contribution in [0.4, 0.5) is 0 Å². The summed E-state index contributed by atoms with van der Waals surface area (Å²) in [6, 6.07) is 3.77. The Bertz CT molecular complexity index is 568. The predicted octanol–water partition coefficient (Wildman–Crippen LogP) is 2.25. The Hall–Kier alpha value is -1.55. The van der Waals surface area contributed by atoms with Gasteiger partial charge in [0.2, 0.25) is 0 Å². The zero-order chi connectivity index (χ0) is 12.6. The molecule has 0 unspecified atom stereocenters. The highest BCUT2D eigenvalue weighted by Gasteiger charge is 2.16. The van der Waals surface area contributed by atoms with E-state index in [0.29, 0.717) is 5.56 Å². The highest BCUT2D eigenvalue weighted by atomic mass is 35.5. The first-order chi connectivity index (χ1) is 8.04. The Morgan fingerprint density at radius 2 is 2.18 bits per heavy atom. The van der Waals surface area contributed by atoms with Crippen molar-refractivity contribution in [2.45, 2.75) is 13.8 Å². The molecule has 0 radical (unpaired) electrons. The number of hydrogen-bond donors (Lipinski definition) is 0. The van der Waals surface area contributed by atoms with Crippen molar-refractivity contribution in [3.05, 3.63) is 35.3 Å². The number of aryl methyl sites for hydroxylation is 2. The van der Waals surface area contributed by atoms with E-state index in [2.05, 4.69) is 5.10 Å². The Labute approximate surface area is 105 Å². The fourth-order valence-electron chi connectivity index (χ4n) is 1.99. The fourth-order valence-corrected chi connectivity index (χ4v) is 2.14. The van der Waals surface area contributed by atoms with Gasteiger partial charge in [0.1, 0.15) is 0 Å². The van der Waals surface area contributed by atoms with Crippen LogP contribution in [0.2, 0.25) is 0 Å². The Kier molecular flexibility index (Phi) is 3.07. The third kappa shape index (κ3) is 2.00. The van der Waals surface area contributed by atoms with Crippen molar-refractivity contribution < 1.29 is 4.79 Å². The standard InChI is InChI=1S/C12H14ClN3O/c1-8-6-10(11(17)7-13)9(2)16(8)12-4-5-15(3)14-12/h4-6H,7H2,1-3H3. The summed E-state index contributed by atoms with van der Waals surface area (Å²) in [4.78, 5) is 11.7. The van der Waals surface area contributed by atoms with Crippen molar-refractivity contribution in [3.63, 3.8) is 0 Å². The van der Waals surface area contributed by atoms with Gasteiger partial charge in [-0.1, -0.05) is 0 Å². The van der Waals surface area contributed by atoms with E-state index in [4.69, 9.17) is 11.6 Å². The minimum Gasteiger partial charge on any atom is -0.301 e. The van der Waals surface area contributed by atoms with Crippen molar-refractivity contribution in [2.24, 2.45) is 7.05 Å². The van der Waals surface area contributed by atoms with Gasteiger partial charge in [0, 0.05) is 36.3 Å². The average Bonchev–Trinajstić information content (AvgIpc) is 2.82. The SMILES string of the molecule is Cc1cc(C(=O)CCl)c(C)n1-c1ccn(C)n1. The lowest BCUT2D eigenvalue weighted by Crippen LogP contribution is -2.05. The monoisotopic (exact) mass is 251 g/mol. The predicted molar refractivity (Wildman–Crippen MR) is 67.1 cm³/mol. The summed E-state index contributed by atoms with van der Waals surface area (Å²) in [5, 5.41) is 4.34. The molecular weight excluding hydrogens is 238 g/mol. The van der Waals surface area contributed by atoms with Crippen LogP contribution in [0.25, 0.3) is 5.82 Å². The third-order valence-electron chi connectivity index (χ3n) is 2.78. The minimum absolute atomic E-state index is 0.00646. The van der Waals surface area contributed by atoms with E-state index < -0.39 is 0 Å². The van der Waals surface area contributed by atoms with E-state index in [0.717, 1.165) is 17.2 Å². The average molecular weight is 252 g/mol. The van der Waals surface area contributed by atoms with Gasteiger partial charge in [0.15, 0.2) is 11.6 Å². The molecule has 4 nitrogen and oxygen atoms in total. The number of carbonyl (C=O) groups excluding carboxylic acids is 1. The second kappa shape index (κ2) is 4.37. The van der Waals surface area contributed by atoms with Gasteiger partial charge in [0.25, 0.3) is 0 Å². The number of carbonyl (C=O) groups is 1. The maximum atomic E-state index is 11.7. The van der Waals surface area contributed by atoms with Gasteiger partial charge in [-0.15, -0.1) is 11.6 Å². The van der Waals surface area contributed by atoms with Crippen LogP contribution in [0.3, 0.4) is 0 Å². The molecule has 0 atom stereocenters. The summed E-state index contributed by atoms with van der Waals surface area (Å²) in [6.07, 6.45) is 1.87. The van der Waals surface area contributed by atoms with Crippen LogP contribution in [0, 0.1) is 13.8 Å². The van der Waals surface area contributed by atoms with Crippen molar-refractivity contribution in [1.82, 2.24) is 14.3 Å². The molecule has 0 aliphatic rings. The van der Waals surface area contributed by atoms with Crippen molar-refractivity contribution in [3.8, 4) is 5.82 Å². The molecule has 0 aromatic carbocycles. The summed E-state index contributed by atoms with van der Waals surface area (Å²) >= 11 is 5.59. The van der Waals surface area contributed by atoms with E-state index in [1.54, 1.807) is 4.68 Å². The van der Waals surface area contributed by atoms with Gasteiger partial charge >= 0.3 is 0 Å². The van der Waals surface area contributed by atoms with Crippen LogP contribution in [-0.2, 0) is 7.05 Å². The molecule has 0 fully saturated rings. The van der Waals surface area contributed by atoms with E-state index in [1.165, 1.54) is 0 Å². The third-order valence-corrected chi connectivity index (χ3v) is 3.02. The molecule has 2 aromatic heterocycles. The van der Waals surface area contributed by atoms with E-state index >= 15 is 0 Å². The molecule has 0 bridgehead atoms. The van der Waals surface area contributed by atoms with Crippen LogP contribution in [0.5, 0.6) is 0 Å². The number of hydrogen-bond acceptors (Lipinski definition) is 2. The maximum Gasteiger partial charge on any atom is 0.179 e. The first-order valence-corrected chi connectivity index (χ1v) is 5.86. The zero-order valence-electron chi connectivity index (χ0n) is 10.1. The number of ketones is 1. The molecule has 0 amide bonds. The minimum atomic E-state index is -0.0538. The van der Waals surface area contributed by atoms with Gasteiger partial charge in [0.05, 0.1) is 5.88 Å². The molecule has 17 heavy (non-hydrogen) atoms. The second-order valence-electron chi connectivity index (χ2n) is 4.02. The van der Waals surface area contributed by atoms with Gasteiger partial charge in [-0.05, 0) is 19.9 Å². The molecular formula is C12H14ClN3O. The number of alkyl halides is 1. The molecule has 0 aliphatic carbocycles. The Balaban J connectivity index is 2.56. The molecule has 0 saturated carbocycles. The fraction of sp³-hybridized carbons (Fsp3) is 0.333. The number of halogens is 1. The number of aromatic nitrogens is 3. The van der Waals surface area contributed by atoms with Crippen molar-refractivity contribution in [1.29, 1.82) is 0 Å². The van der Waals surface area contributed by atoms with Gasteiger partial charge < -0.3 is 4.57 Å². The molecule has 0 spiro atoms. The lowest BCUT2D eigenvalue weighted by atomic mass is 10.2. The van der Waals surface area contributed by atoms with E-state index in [9.17, 15) is 4.79 Å². The van der Waals surface area contributed by atoms with Crippen LogP contribution in [0.15, 0.2) is 18.3 Å². The summed E-state index contributed by atoms with van der Waals surface area (Å²) in [7, 11) is 1.86. The van der Waals surface area contributed by atoms with Crippen LogP contribution in [0.1, 0.15) is 21.7 Å². The number of nitrogens with zero attached hydrogens (tertiary/aromatic N) is 3. The number of rotatable bonds is 3. The molecule has 5 heteroatoms. The first kappa shape index (κ1) is 11.9. The summed E-state index contributed by atoms with van der Waals surface area (Å²) in [5.41, 5.74) is 2.53. The van der Waals surface area contributed by atoms with Crippen LogP contribution < -0.4 is 0 Å². The molecule has 0 N–H and O–H groups in total. The lowest BCUT2D eigenvalue weighted by Gasteiger charge is -2.05. The number of Topliss-reactive ketones (excluding diaryl/α,β-unsaturated/α-hetero) is 1. The highest BCUT2D eigenvalue weighted by molar-refractivity contribution is 6.30. The molecule has 90 valence electrons. The van der Waals surface area contributed by atoms with Crippen LogP contribution in [-0.4, -0.2) is 26.0 Å². The molecule has 0 aliphatic heterocycles. The normalized spacial score (nSPS) is 10.8. The lowest BCUT2D eigenvalue weighted by molar-refractivity contribution is 0.102. The van der Waals surface area contributed by atoms with Crippen molar-refractivity contribution in [2.75, 3.05) is 5.88 Å². The maximum absolute atomic E-state index is 11.7. The van der Waals surface area contributed by atoms with Gasteiger partial charge in [-0.3, -0.25) is 9.48 Å². The highest BCUT2D eigenvalue weighted by Crippen LogP contribution is 2.20. The van der Waals surface area contributed by atoms with Crippen molar-refractivity contribution >= 4 is 17.4 Å². The van der Waals surface area contributed by atoms with E-state index in [1.807, 2.05) is 43.8 Å². The Morgan fingerprint density at radius 3 is 2.71 bits per heavy atom. The smallest absolute Gasteiger partial charge is 0.179 e. The molecule has 2 aromatic rings. The summed E-state index contributed by atoms with van der Waals surface area (Å²) in [5.74, 6) is 0.769. The topological polar surface area (TPSA) is 39.8 Å². The quantitative estimate of drug-likeness (QED) is 0.620. The molecule has 0 saturated heterocycles. The Morgan fingerprint density at radius 1 is 1.47 bits per heavy atom. The summed E-state index contributed by atoms with van der Waals surface area (Å²) < 4.78 is 3.69. The summed E-state index contributed by atoms with van der Waals surface area (Å²) in [6.45, 7) is 3.86. The molecule has 2 heterocycles. The zero-order valence-corrected chi connectivity index (χ0v) is 10.8. The largest absolute Gasteiger partial charge is 0.301 e. The van der Waals surface area contributed by atoms with Crippen LogP contribution >= 0.6 is 11.6 Å². The first-order valence-electron chi connectivity index (χ1n) is 5.32. The second-order valence-corrected chi connectivity index (χ2v) is 4.29. The van der Waals surface area contributed by atoms with Gasteiger partial charge in [-0.25, -0.2) is 0 Å². The van der Waals surface area contributed by atoms with E-state index in [-0.39, 0.29) is 11.7 Å². The van der Waals surface area contributed by atoms with Gasteiger partial charge in [-0.2, -0.15) is 5.10 Å². The molecule has 2 rings (SSSR count).